The summed E-state index contributed by atoms with van der Waals surface area (Å²) in [6.45, 7) is 7.46. The van der Waals surface area contributed by atoms with E-state index in [1.807, 2.05) is 0 Å². The summed E-state index contributed by atoms with van der Waals surface area (Å²) in [5.41, 5.74) is 0.300. The first kappa shape index (κ1) is 11.0. The van der Waals surface area contributed by atoms with Crippen molar-refractivity contribution in [3.8, 4) is 0 Å². The van der Waals surface area contributed by atoms with Crippen LogP contribution in [0.4, 0.5) is 0 Å². The molecule has 0 radical (unpaired) electrons. The van der Waals surface area contributed by atoms with E-state index in [4.69, 9.17) is 4.74 Å². The highest BCUT2D eigenvalue weighted by atomic mass is 16.5. The molecule has 0 aliphatic carbocycles. The first-order valence-electron chi connectivity index (χ1n) is 4.99. The molecule has 1 heterocycles. The molecular formula is C10H22N2O. The fourth-order valence-corrected chi connectivity index (χ4v) is 1.39. The van der Waals surface area contributed by atoms with Crippen molar-refractivity contribution in [3.05, 3.63) is 0 Å². The van der Waals surface area contributed by atoms with Gasteiger partial charge in [-0.2, -0.15) is 0 Å². The van der Waals surface area contributed by atoms with Crippen LogP contribution in [0.15, 0.2) is 0 Å². The van der Waals surface area contributed by atoms with Crippen LogP contribution >= 0.6 is 0 Å². The summed E-state index contributed by atoms with van der Waals surface area (Å²) in [4.78, 5) is 2.19. The maximum absolute atomic E-state index is 5.71. The topological polar surface area (TPSA) is 24.5 Å². The van der Waals surface area contributed by atoms with Crippen molar-refractivity contribution in [2.24, 2.45) is 5.41 Å². The van der Waals surface area contributed by atoms with Gasteiger partial charge in [-0.1, -0.05) is 13.8 Å². The lowest BCUT2D eigenvalue weighted by Crippen LogP contribution is -2.48. The molecule has 1 aliphatic heterocycles. The third kappa shape index (κ3) is 4.07. The third-order valence-electron chi connectivity index (χ3n) is 2.32. The summed E-state index contributed by atoms with van der Waals surface area (Å²) >= 11 is 0. The number of nitrogens with one attached hydrogen (secondary N) is 1. The first-order valence-corrected chi connectivity index (χ1v) is 4.99. The zero-order chi connectivity index (χ0) is 9.90. The van der Waals surface area contributed by atoms with Gasteiger partial charge in [0.15, 0.2) is 0 Å². The molecule has 1 unspecified atom stereocenters. The molecule has 0 bridgehead atoms. The number of hydrogen-bond acceptors (Lipinski definition) is 3. The van der Waals surface area contributed by atoms with E-state index in [0.29, 0.717) is 5.41 Å². The second-order valence-corrected chi connectivity index (χ2v) is 4.94. The van der Waals surface area contributed by atoms with Crippen LogP contribution in [-0.2, 0) is 4.74 Å². The molecule has 13 heavy (non-hydrogen) atoms. The Labute approximate surface area is 81.4 Å². The minimum atomic E-state index is 0.260. The van der Waals surface area contributed by atoms with E-state index < -0.39 is 0 Å². The predicted octanol–water partition coefficient (Wildman–Crippen LogP) is 0.910. The number of ether oxygens (including phenoxy) is 1. The van der Waals surface area contributed by atoms with Gasteiger partial charge in [0.1, 0.15) is 6.23 Å². The smallest absolute Gasteiger partial charge is 0.109 e. The minimum Gasteiger partial charge on any atom is -0.363 e. The summed E-state index contributed by atoms with van der Waals surface area (Å²) in [6.07, 6.45) is 1.33. The van der Waals surface area contributed by atoms with Crippen LogP contribution in [0.3, 0.4) is 0 Å². The van der Waals surface area contributed by atoms with Crippen molar-refractivity contribution in [2.75, 3.05) is 33.8 Å². The van der Waals surface area contributed by atoms with Gasteiger partial charge < -0.3 is 9.64 Å². The standard InChI is InChI=1S/C10H22N2O/c1-10(2)7-11-9(13-8-10)5-6-12(3)4/h9,11H,5-8H2,1-4H3. The molecule has 0 amide bonds. The van der Waals surface area contributed by atoms with Gasteiger partial charge in [0.25, 0.3) is 0 Å². The van der Waals surface area contributed by atoms with Gasteiger partial charge >= 0.3 is 0 Å². The Hall–Kier alpha value is -0.120. The van der Waals surface area contributed by atoms with E-state index in [1.54, 1.807) is 0 Å². The van der Waals surface area contributed by atoms with Crippen molar-refractivity contribution in [2.45, 2.75) is 26.5 Å². The molecule has 0 aromatic rings. The van der Waals surface area contributed by atoms with Gasteiger partial charge in [-0.15, -0.1) is 0 Å². The van der Waals surface area contributed by atoms with Crippen LogP contribution in [0.25, 0.3) is 0 Å². The lowest BCUT2D eigenvalue weighted by atomic mass is 9.93. The van der Waals surface area contributed by atoms with E-state index in [0.717, 1.165) is 26.1 Å². The zero-order valence-corrected chi connectivity index (χ0v) is 9.26. The average molecular weight is 186 g/mol. The second kappa shape index (κ2) is 4.40. The van der Waals surface area contributed by atoms with E-state index in [9.17, 15) is 0 Å². The highest BCUT2D eigenvalue weighted by Crippen LogP contribution is 2.19. The third-order valence-corrected chi connectivity index (χ3v) is 2.32. The number of nitrogens with zero attached hydrogens (tertiary/aromatic N) is 1. The Balaban J connectivity index is 2.18. The molecular weight excluding hydrogens is 164 g/mol. The number of rotatable bonds is 3. The molecule has 1 saturated heterocycles. The lowest BCUT2D eigenvalue weighted by Gasteiger charge is -2.35. The zero-order valence-electron chi connectivity index (χ0n) is 9.26. The molecule has 3 heteroatoms. The SMILES string of the molecule is CN(C)CCC1NCC(C)(C)CO1. The van der Waals surface area contributed by atoms with Gasteiger partial charge in [-0.05, 0) is 20.5 Å². The maximum atomic E-state index is 5.71. The van der Waals surface area contributed by atoms with Crippen LogP contribution in [-0.4, -0.2) is 44.9 Å². The first-order chi connectivity index (χ1) is 5.99. The highest BCUT2D eigenvalue weighted by Gasteiger charge is 2.26. The van der Waals surface area contributed by atoms with Gasteiger partial charge in [-0.25, -0.2) is 0 Å². The summed E-state index contributed by atoms with van der Waals surface area (Å²) in [6, 6.07) is 0. The fourth-order valence-electron chi connectivity index (χ4n) is 1.39. The molecule has 78 valence electrons. The molecule has 1 rings (SSSR count). The van der Waals surface area contributed by atoms with Gasteiger partial charge in [0.05, 0.1) is 6.61 Å². The Kier molecular flexibility index (Phi) is 3.71. The quantitative estimate of drug-likeness (QED) is 0.709. The van der Waals surface area contributed by atoms with Crippen LogP contribution in [0.5, 0.6) is 0 Å². The minimum absolute atomic E-state index is 0.260. The van der Waals surface area contributed by atoms with Crippen molar-refractivity contribution in [1.29, 1.82) is 0 Å². The molecule has 1 aliphatic rings. The Morgan fingerprint density at radius 3 is 2.62 bits per heavy atom. The van der Waals surface area contributed by atoms with Crippen molar-refractivity contribution in [3.63, 3.8) is 0 Å². The molecule has 1 atom stereocenters. The van der Waals surface area contributed by atoms with Gasteiger partial charge in [0, 0.05) is 18.5 Å². The van der Waals surface area contributed by atoms with E-state index in [2.05, 4.69) is 38.2 Å². The van der Waals surface area contributed by atoms with Gasteiger partial charge in [-0.3, -0.25) is 5.32 Å². The monoisotopic (exact) mass is 186 g/mol. The number of hydrogen-bond donors (Lipinski definition) is 1. The summed E-state index contributed by atoms with van der Waals surface area (Å²) in [5.74, 6) is 0. The highest BCUT2D eigenvalue weighted by molar-refractivity contribution is 4.77. The van der Waals surface area contributed by atoms with Crippen molar-refractivity contribution < 1.29 is 4.74 Å². The van der Waals surface area contributed by atoms with Gasteiger partial charge in [0.2, 0.25) is 0 Å². The lowest BCUT2D eigenvalue weighted by molar-refractivity contribution is -0.0626. The van der Waals surface area contributed by atoms with Crippen LogP contribution in [0.2, 0.25) is 0 Å². The average Bonchev–Trinajstić information content (AvgIpc) is 2.02. The molecule has 0 spiro atoms. The summed E-state index contributed by atoms with van der Waals surface area (Å²) in [5, 5.41) is 3.42. The van der Waals surface area contributed by atoms with E-state index in [-0.39, 0.29) is 6.23 Å². The van der Waals surface area contributed by atoms with E-state index in [1.165, 1.54) is 0 Å². The van der Waals surface area contributed by atoms with E-state index >= 15 is 0 Å². The molecule has 0 aromatic carbocycles. The Morgan fingerprint density at radius 2 is 2.15 bits per heavy atom. The van der Waals surface area contributed by atoms with Crippen LogP contribution in [0, 0.1) is 5.41 Å². The van der Waals surface area contributed by atoms with Crippen molar-refractivity contribution >= 4 is 0 Å². The molecule has 3 nitrogen and oxygen atoms in total. The normalized spacial score (nSPS) is 27.9. The fraction of sp³-hybridized carbons (Fsp3) is 1.00. The molecule has 1 fully saturated rings. The largest absolute Gasteiger partial charge is 0.363 e. The second-order valence-electron chi connectivity index (χ2n) is 4.94. The molecule has 0 saturated carbocycles. The van der Waals surface area contributed by atoms with Crippen LogP contribution < -0.4 is 5.32 Å². The maximum Gasteiger partial charge on any atom is 0.109 e. The van der Waals surface area contributed by atoms with Crippen LogP contribution in [0.1, 0.15) is 20.3 Å². The van der Waals surface area contributed by atoms with Crippen molar-refractivity contribution in [1.82, 2.24) is 10.2 Å². The Bertz CT molecular complexity index is 144. The molecule has 1 N–H and O–H groups in total. The summed E-state index contributed by atoms with van der Waals surface area (Å²) in [7, 11) is 4.18. The summed E-state index contributed by atoms with van der Waals surface area (Å²) < 4.78 is 5.71. The molecule has 0 aromatic heterocycles. The Morgan fingerprint density at radius 1 is 1.46 bits per heavy atom. The predicted molar refractivity (Wildman–Crippen MR) is 54.7 cm³/mol.